The third-order valence-electron chi connectivity index (χ3n) is 6.50. The number of nitrogens with zero attached hydrogens (tertiary/aromatic N) is 3. The lowest BCUT2D eigenvalue weighted by molar-refractivity contribution is -0.385. The maximum absolute atomic E-state index is 13.6. The SMILES string of the molecule is O=C(c1ccccc1[N+](=O)[O-])N(Cc1ccc(Cl)cc1)N1C(=O)[C@@H]2[C@H](C1=O)[C@H]1C=C[C@H]2C1. The Morgan fingerprint density at radius 1 is 1.03 bits per heavy atom. The van der Waals surface area contributed by atoms with E-state index in [-0.39, 0.29) is 29.6 Å². The molecule has 1 aliphatic heterocycles. The molecule has 162 valence electrons. The Kier molecular flexibility index (Phi) is 4.82. The first kappa shape index (κ1) is 20.4. The fraction of sp³-hybridized carbons (Fsp3) is 0.261. The summed E-state index contributed by atoms with van der Waals surface area (Å²) in [6.45, 7) is -0.109. The molecule has 4 atom stereocenters. The van der Waals surface area contributed by atoms with Gasteiger partial charge in [-0.1, -0.05) is 48.0 Å². The van der Waals surface area contributed by atoms with Gasteiger partial charge in [0.05, 0.1) is 23.3 Å². The Labute approximate surface area is 188 Å². The molecule has 8 nitrogen and oxygen atoms in total. The van der Waals surface area contributed by atoms with E-state index in [0.29, 0.717) is 10.6 Å². The molecule has 2 fully saturated rings. The Hall–Kier alpha value is -3.52. The van der Waals surface area contributed by atoms with Gasteiger partial charge in [0.15, 0.2) is 0 Å². The molecule has 0 N–H and O–H groups in total. The van der Waals surface area contributed by atoms with Crippen LogP contribution in [-0.2, 0) is 16.1 Å². The number of hydrogen-bond acceptors (Lipinski definition) is 5. The van der Waals surface area contributed by atoms with Crippen LogP contribution in [0, 0.1) is 33.8 Å². The summed E-state index contributed by atoms with van der Waals surface area (Å²) in [7, 11) is 0. The quantitative estimate of drug-likeness (QED) is 0.299. The molecule has 3 amide bonds. The number of allylic oxidation sites excluding steroid dienone is 2. The average Bonchev–Trinajstić information content (AvgIpc) is 3.47. The van der Waals surface area contributed by atoms with Gasteiger partial charge in [0.2, 0.25) is 0 Å². The van der Waals surface area contributed by atoms with Gasteiger partial charge in [-0.05, 0) is 42.0 Å². The van der Waals surface area contributed by atoms with Crippen LogP contribution in [0.4, 0.5) is 5.69 Å². The summed E-state index contributed by atoms with van der Waals surface area (Å²) in [5, 5.41) is 14.0. The van der Waals surface area contributed by atoms with E-state index in [1.165, 1.54) is 24.3 Å². The highest BCUT2D eigenvalue weighted by atomic mass is 35.5. The lowest BCUT2D eigenvalue weighted by Gasteiger charge is -2.31. The van der Waals surface area contributed by atoms with Crippen molar-refractivity contribution >= 4 is 35.0 Å². The summed E-state index contributed by atoms with van der Waals surface area (Å²) in [5.41, 5.74) is 0.0462. The Morgan fingerprint density at radius 3 is 2.22 bits per heavy atom. The van der Waals surface area contributed by atoms with Crippen molar-refractivity contribution in [3.8, 4) is 0 Å². The number of para-hydroxylation sites is 1. The molecule has 5 rings (SSSR count). The van der Waals surface area contributed by atoms with Crippen LogP contribution < -0.4 is 0 Å². The van der Waals surface area contributed by atoms with E-state index >= 15 is 0 Å². The van der Waals surface area contributed by atoms with Crippen molar-refractivity contribution in [3.05, 3.63) is 86.9 Å². The minimum absolute atomic E-state index is 0.0232. The van der Waals surface area contributed by atoms with Crippen LogP contribution in [0.15, 0.2) is 60.7 Å². The molecule has 0 spiro atoms. The van der Waals surface area contributed by atoms with Gasteiger partial charge < -0.3 is 0 Å². The molecular weight excluding hydrogens is 434 g/mol. The van der Waals surface area contributed by atoms with Gasteiger partial charge in [-0.2, -0.15) is 5.01 Å². The number of hydrazine groups is 1. The second kappa shape index (κ2) is 7.56. The maximum Gasteiger partial charge on any atom is 0.282 e. The summed E-state index contributed by atoms with van der Waals surface area (Å²) in [4.78, 5) is 51.1. The normalized spacial score (nSPS) is 25.3. The number of nitro groups is 1. The summed E-state index contributed by atoms with van der Waals surface area (Å²) in [6.07, 6.45) is 4.69. The molecule has 2 aromatic rings. The second-order valence-electron chi connectivity index (χ2n) is 8.25. The first-order valence-corrected chi connectivity index (χ1v) is 10.6. The third kappa shape index (κ3) is 3.10. The van der Waals surface area contributed by atoms with Gasteiger partial charge in [-0.15, -0.1) is 0 Å². The van der Waals surface area contributed by atoms with Crippen molar-refractivity contribution in [2.24, 2.45) is 23.7 Å². The van der Waals surface area contributed by atoms with E-state index in [0.717, 1.165) is 16.4 Å². The van der Waals surface area contributed by atoms with E-state index in [4.69, 9.17) is 11.6 Å². The molecule has 1 saturated heterocycles. The number of halogens is 1. The van der Waals surface area contributed by atoms with Crippen molar-refractivity contribution in [3.63, 3.8) is 0 Å². The highest BCUT2D eigenvalue weighted by molar-refractivity contribution is 6.30. The van der Waals surface area contributed by atoms with Crippen molar-refractivity contribution in [1.82, 2.24) is 10.0 Å². The number of benzene rings is 2. The lowest BCUT2D eigenvalue weighted by Crippen LogP contribution is -2.50. The van der Waals surface area contributed by atoms with Crippen LogP contribution >= 0.6 is 11.6 Å². The predicted octanol–water partition coefficient (Wildman–Crippen LogP) is 3.61. The smallest absolute Gasteiger partial charge is 0.272 e. The number of fused-ring (bicyclic) bond motifs is 5. The predicted molar refractivity (Wildman–Crippen MR) is 114 cm³/mol. The molecular formula is C23H18ClN3O5. The summed E-state index contributed by atoms with van der Waals surface area (Å²) in [5.74, 6) is -2.69. The summed E-state index contributed by atoms with van der Waals surface area (Å²) < 4.78 is 0. The average molecular weight is 452 g/mol. The molecule has 32 heavy (non-hydrogen) atoms. The number of rotatable bonds is 5. The first-order valence-electron chi connectivity index (χ1n) is 10.2. The number of nitro benzene ring substituents is 1. The topological polar surface area (TPSA) is 101 Å². The zero-order valence-corrected chi connectivity index (χ0v) is 17.5. The van der Waals surface area contributed by atoms with Crippen LogP contribution in [0.25, 0.3) is 0 Å². The van der Waals surface area contributed by atoms with Crippen LogP contribution in [0.5, 0.6) is 0 Å². The van der Waals surface area contributed by atoms with E-state index in [1.807, 2.05) is 12.2 Å². The molecule has 0 unspecified atom stereocenters. The highest BCUT2D eigenvalue weighted by Crippen LogP contribution is 2.53. The Morgan fingerprint density at radius 2 is 1.62 bits per heavy atom. The fourth-order valence-corrected chi connectivity index (χ4v) is 5.20. The van der Waals surface area contributed by atoms with Crippen molar-refractivity contribution in [1.29, 1.82) is 0 Å². The third-order valence-corrected chi connectivity index (χ3v) is 6.75. The molecule has 0 radical (unpaired) electrons. The monoisotopic (exact) mass is 451 g/mol. The summed E-state index contributed by atoms with van der Waals surface area (Å²) >= 11 is 5.96. The van der Waals surface area contributed by atoms with Gasteiger partial charge >= 0.3 is 0 Å². The maximum atomic E-state index is 13.6. The zero-order chi connectivity index (χ0) is 22.6. The van der Waals surface area contributed by atoms with Crippen molar-refractivity contribution < 1.29 is 19.3 Å². The number of amides is 3. The van der Waals surface area contributed by atoms with E-state index in [1.54, 1.807) is 24.3 Å². The second-order valence-corrected chi connectivity index (χ2v) is 8.69. The molecule has 9 heteroatoms. The van der Waals surface area contributed by atoms with Crippen LogP contribution in [-0.4, -0.2) is 32.7 Å². The molecule has 3 aliphatic rings. The minimum Gasteiger partial charge on any atom is -0.272 e. The van der Waals surface area contributed by atoms with Gasteiger partial charge in [0.25, 0.3) is 23.4 Å². The first-order chi connectivity index (χ1) is 15.4. The van der Waals surface area contributed by atoms with Crippen LogP contribution in [0.2, 0.25) is 5.02 Å². The Balaban J connectivity index is 1.56. The van der Waals surface area contributed by atoms with E-state index in [2.05, 4.69) is 0 Å². The molecule has 2 aliphatic carbocycles. The van der Waals surface area contributed by atoms with Gasteiger partial charge in [0, 0.05) is 11.1 Å². The molecule has 2 aromatic carbocycles. The number of imide groups is 1. The van der Waals surface area contributed by atoms with E-state index in [9.17, 15) is 24.5 Å². The number of carbonyl (C=O) groups excluding carboxylic acids is 3. The van der Waals surface area contributed by atoms with E-state index < -0.39 is 34.5 Å². The molecule has 1 saturated carbocycles. The molecule has 2 bridgehead atoms. The number of hydrogen-bond donors (Lipinski definition) is 0. The Bertz CT molecular complexity index is 1150. The standard InChI is InChI=1S/C23H18ClN3O5/c24-16-9-5-13(6-10-16)12-25(21(28)17-3-1-2-4-18(17)27(31)32)26-22(29)19-14-7-8-15(11-14)20(19)23(26)30/h1-10,14-15,19-20H,11-12H2/t14-,15-,19-,20+/m0/s1. The highest BCUT2D eigenvalue weighted by Gasteiger charge is 2.61. The number of carbonyl (C=O) groups is 3. The van der Waals surface area contributed by atoms with Crippen molar-refractivity contribution in [2.75, 3.05) is 0 Å². The zero-order valence-electron chi connectivity index (χ0n) is 16.8. The van der Waals surface area contributed by atoms with Crippen LogP contribution in [0.3, 0.4) is 0 Å². The van der Waals surface area contributed by atoms with Gasteiger partial charge in [-0.25, -0.2) is 5.01 Å². The largest absolute Gasteiger partial charge is 0.282 e. The molecule has 1 heterocycles. The van der Waals surface area contributed by atoms with Gasteiger partial charge in [0.1, 0.15) is 5.56 Å². The molecule has 0 aromatic heterocycles. The fourth-order valence-electron chi connectivity index (χ4n) is 5.07. The van der Waals surface area contributed by atoms with Crippen molar-refractivity contribution in [2.45, 2.75) is 13.0 Å². The summed E-state index contributed by atoms with van der Waals surface area (Å²) in [6, 6.07) is 12.1. The van der Waals surface area contributed by atoms with Crippen LogP contribution in [0.1, 0.15) is 22.3 Å². The minimum atomic E-state index is -0.783. The lowest BCUT2D eigenvalue weighted by atomic mass is 9.85. The van der Waals surface area contributed by atoms with Gasteiger partial charge in [-0.3, -0.25) is 24.5 Å².